The molecule has 8 heteroatoms. The lowest BCUT2D eigenvalue weighted by molar-refractivity contribution is -0.133. The van der Waals surface area contributed by atoms with Gasteiger partial charge in [-0.05, 0) is 42.5 Å². The van der Waals surface area contributed by atoms with Crippen LogP contribution in [0.25, 0.3) is 10.9 Å². The second-order valence-electron chi connectivity index (χ2n) is 6.47. The van der Waals surface area contributed by atoms with Crippen molar-refractivity contribution < 1.29 is 13.9 Å². The molecule has 0 spiro atoms. The molecule has 0 atom stereocenters. The Morgan fingerprint density at radius 2 is 1.82 bits per heavy atom. The number of amides is 1. The molecule has 1 saturated heterocycles. The average molecular weight is 401 g/mol. The monoisotopic (exact) mass is 400 g/mol. The van der Waals surface area contributed by atoms with Crippen molar-refractivity contribution in [3.8, 4) is 5.75 Å². The summed E-state index contributed by atoms with van der Waals surface area (Å²) in [6, 6.07) is 11.2. The van der Waals surface area contributed by atoms with Gasteiger partial charge < -0.3 is 14.5 Å². The molecule has 0 aliphatic carbocycles. The molecular weight excluding hydrogens is 383 g/mol. The van der Waals surface area contributed by atoms with E-state index >= 15 is 0 Å². The zero-order chi connectivity index (χ0) is 19.5. The van der Waals surface area contributed by atoms with E-state index in [9.17, 15) is 9.18 Å². The molecule has 3 aromatic rings. The summed E-state index contributed by atoms with van der Waals surface area (Å²) in [4.78, 5) is 25.0. The normalized spacial score (nSPS) is 14.4. The van der Waals surface area contributed by atoms with Crippen LogP contribution < -0.4 is 9.64 Å². The minimum atomic E-state index is -0.339. The van der Waals surface area contributed by atoms with Crippen LogP contribution in [0.3, 0.4) is 0 Å². The molecular formula is C20H18ClFN4O2. The molecule has 0 bridgehead atoms. The van der Waals surface area contributed by atoms with Gasteiger partial charge in [0.25, 0.3) is 5.91 Å². The van der Waals surface area contributed by atoms with Gasteiger partial charge in [-0.2, -0.15) is 0 Å². The van der Waals surface area contributed by atoms with Gasteiger partial charge in [0.1, 0.15) is 23.7 Å². The molecule has 1 aliphatic rings. The van der Waals surface area contributed by atoms with Crippen molar-refractivity contribution in [1.82, 2.24) is 14.9 Å². The van der Waals surface area contributed by atoms with Crippen LogP contribution in [0.5, 0.6) is 5.75 Å². The summed E-state index contributed by atoms with van der Waals surface area (Å²) in [5.74, 6) is 0.883. The number of halogens is 2. The quantitative estimate of drug-likeness (QED) is 0.673. The summed E-state index contributed by atoms with van der Waals surface area (Å²) >= 11 is 6.04. The van der Waals surface area contributed by atoms with Crippen LogP contribution in [-0.4, -0.2) is 53.6 Å². The zero-order valence-electron chi connectivity index (χ0n) is 15.0. The summed E-state index contributed by atoms with van der Waals surface area (Å²) in [7, 11) is 0. The molecule has 4 rings (SSSR count). The van der Waals surface area contributed by atoms with Crippen molar-refractivity contribution in [2.75, 3.05) is 37.7 Å². The van der Waals surface area contributed by atoms with E-state index < -0.39 is 0 Å². The van der Waals surface area contributed by atoms with Gasteiger partial charge in [-0.3, -0.25) is 4.79 Å². The number of hydrogen-bond acceptors (Lipinski definition) is 5. The lowest BCUT2D eigenvalue weighted by Crippen LogP contribution is -2.50. The molecule has 6 nitrogen and oxygen atoms in total. The highest BCUT2D eigenvalue weighted by atomic mass is 35.5. The van der Waals surface area contributed by atoms with E-state index in [1.54, 1.807) is 4.90 Å². The second kappa shape index (κ2) is 7.98. The predicted molar refractivity (Wildman–Crippen MR) is 105 cm³/mol. The number of rotatable bonds is 4. The maximum atomic E-state index is 12.9. The van der Waals surface area contributed by atoms with Crippen molar-refractivity contribution in [1.29, 1.82) is 0 Å². The highest BCUT2D eigenvalue weighted by Gasteiger charge is 2.23. The molecule has 144 valence electrons. The fourth-order valence-electron chi connectivity index (χ4n) is 3.20. The number of hydrogen-bond donors (Lipinski definition) is 0. The summed E-state index contributed by atoms with van der Waals surface area (Å²) in [6.07, 6.45) is 1.53. The fraction of sp³-hybridized carbons (Fsp3) is 0.250. The van der Waals surface area contributed by atoms with Gasteiger partial charge in [-0.25, -0.2) is 14.4 Å². The maximum Gasteiger partial charge on any atom is 0.260 e. The second-order valence-corrected chi connectivity index (χ2v) is 6.91. The highest BCUT2D eigenvalue weighted by molar-refractivity contribution is 6.31. The third kappa shape index (κ3) is 3.99. The molecule has 0 unspecified atom stereocenters. The first kappa shape index (κ1) is 18.4. The molecule has 28 heavy (non-hydrogen) atoms. The lowest BCUT2D eigenvalue weighted by atomic mass is 10.2. The van der Waals surface area contributed by atoms with Gasteiger partial charge in [-0.1, -0.05) is 11.6 Å². The smallest absolute Gasteiger partial charge is 0.260 e. The van der Waals surface area contributed by atoms with Gasteiger partial charge in [0.15, 0.2) is 6.61 Å². The average Bonchev–Trinajstić information content (AvgIpc) is 2.72. The Hall–Kier alpha value is -2.93. The number of nitrogens with zero attached hydrogens (tertiary/aromatic N) is 4. The number of aromatic nitrogens is 2. The van der Waals surface area contributed by atoms with Gasteiger partial charge >= 0.3 is 0 Å². The highest BCUT2D eigenvalue weighted by Crippen LogP contribution is 2.26. The summed E-state index contributed by atoms with van der Waals surface area (Å²) in [6.45, 7) is 2.41. The predicted octanol–water partition coefficient (Wildman–Crippen LogP) is 3.15. The van der Waals surface area contributed by atoms with Gasteiger partial charge in [0.2, 0.25) is 0 Å². The van der Waals surface area contributed by atoms with Crippen molar-refractivity contribution in [2.24, 2.45) is 0 Å². The first-order valence-electron chi connectivity index (χ1n) is 8.91. The van der Waals surface area contributed by atoms with Crippen LogP contribution in [0, 0.1) is 5.82 Å². The fourth-order valence-corrected chi connectivity index (χ4v) is 3.37. The third-order valence-corrected chi connectivity index (χ3v) is 4.92. The van der Waals surface area contributed by atoms with E-state index in [1.807, 2.05) is 18.2 Å². The van der Waals surface area contributed by atoms with E-state index in [2.05, 4.69) is 14.9 Å². The molecule has 0 radical (unpaired) electrons. The van der Waals surface area contributed by atoms with Gasteiger partial charge in [0, 0.05) is 36.6 Å². The molecule has 2 aromatic carbocycles. The molecule has 1 amide bonds. The van der Waals surface area contributed by atoms with Gasteiger partial charge in [-0.15, -0.1) is 0 Å². The topological polar surface area (TPSA) is 58.6 Å². The number of piperazine rings is 1. The van der Waals surface area contributed by atoms with E-state index in [4.69, 9.17) is 16.3 Å². The van der Waals surface area contributed by atoms with Gasteiger partial charge in [0.05, 0.1) is 5.52 Å². The Labute approximate surface area is 166 Å². The minimum absolute atomic E-state index is 0.0689. The maximum absolute atomic E-state index is 12.9. The van der Waals surface area contributed by atoms with E-state index in [1.165, 1.54) is 30.6 Å². The number of carbonyl (C=O) groups excluding carboxylic acids is 1. The van der Waals surface area contributed by atoms with Crippen molar-refractivity contribution >= 4 is 34.2 Å². The molecule has 1 aromatic heterocycles. The Morgan fingerprint density at radius 3 is 2.57 bits per heavy atom. The van der Waals surface area contributed by atoms with E-state index in [-0.39, 0.29) is 18.3 Å². The molecule has 1 fully saturated rings. The van der Waals surface area contributed by atoms with Crippen LogP contribution in [0.15, 0.2) is 48.8 Å². The number of anilines is 1. The number of fused-ring (bicyclic) bond motifs is 1. The Kier molecular flexibility index (Phi) is 5.25. The Bertz CT molecular complexity index is 991. The molecule has 0 saturated carbocycles. The van der Waals surface area contributed by atoms with Crippen LogP contribution in [0.4, 0.5) is 10.2 Å². The Balaban J connectivity index is 1.37. The van der Waals surface area contributed by atoms with E-state index in [0.717, 1.165) is 16.7 Å². The van der Waals surface area contributed by atoms with Crippen molar-refractivity contribution in [3.63, 3.8) is 0 Å². The minimum Gasteiger partial charge on any atom is -0.484 e. The molecule has 0 N–H and O–H groups in total. The van der Waals surface area contributed by atoms with Crippen LogP contribution in [0.1, 0.15) is 0 Å². The largest absolute Gasteiger partial charge is 0.484 e. The molecule has 1 aliphatic heterocycles. The lowest BCUT2D eigenvalue weighted by Gasteiger charge is -2.35. The van der Waals surface area contributed by atoms with Crippen LogP contribution in [0.2, 0.25) is 5.02 Å². The van der Waals surface area contributed by atoms with Crippen LogP contribution in [-0.2, 0) is 4.79 Å². The summed E-state index contributed by atoms with van der Waals surface area (Å²) in [5.41, 5.74) is 0.795. The molecule has 2 heterocycles. The summed E-state index contributed by atoms with van der Waals surface area (Å²) < 4.78 is 18.4. The third-order valence-electron chi connectivity index (χ3n) is 4.69. The first-order valence-corrected chi connectivity index (χ1v) is 9.29. The van der Waals surface area contributed by atoms with Crippen molar-refractivity contribution in [3.05, 3.63) is 59.6 Å². The first-order chi connectivity index (χ1) is 13.6. The number of benzene rings is 2. The number of ether oxygens (including phenoxy) is 1. The standard InChI is InChI=1S/C20H18ClFN4O2/c21-14-1-6-17-18(11-14)23-13-24-20(17)26-9-7-25(8-10-26)19(27)12-28-16-4-2-15(22)3-5-16/h1-6,11,13H,7-10,12H2. The number of carbonyl (C=O) groups is 1. The van der Waals surface area contributed by atoms with Crippen LogP contribution >= 0.6 is 11.6 Å². The van der Waals surface area contributed by atoms with E-state index in [0.29, 0.717) is 37.0 Å². The summed E-state index contributed by atoms with van der Waals surface area (Å²) in [5, 5.41) is 1.57. The Morgan fingerprint density at radius 1 is 1.07 bits per heavy atom. The van der Waals surface area contributed by atoms with Crippen molar-refractivity contribution in [2.45, 2.75) is 0 Å². The zero-order valence-corrected chi connectivity index (χ0v) is 15.8. The SMILES string of the molecule is O=C(COc1ccc(F)cc1)N1CCN(c2ncnc3cc(Cl)ccc23)CC1.